The van der Waals surface area contributed by atoms with E-state index in [2.05, 4.69) is 20.1 Å². The van der Waals surface area contributed by atoms with Crippen LogP contribution in [0.4, 0.5) is 0 Å². The Kier molecular flexibility index (Phi) is 3.42. The first-order valence-corrected chi connectivity index (χ1v) is 7.43. The summed E-state index contributed by atoms with van der Waals surface area (Å²) in [6, 6.07) is 0. The van der Waals surface area contributed by atoms with E-state index in [1.807, 2.05) is 27.1 Å². The van der Waals surface area contributed by atoms with Crippen molar-refractivity contribution in [3.05, 3.63) is 29.7 Å². The minimum absolute atomic E-state index is 0.0160. The molecule has 3 aromatic heterocycles. The maximum atomic E-state index is 10.3. The van der Waals surface area contributed by atoms with E-state index in [9.17, 15) is 5.11 Å². The molecule has 0 fully saturated rings. The Morgan fingerprint density at radius 1 is 1.24 bits per heavy atom. The molecule has 0 aromatic carbocycles. The van der Waals surface area contributed by atoms with Crippen molar-refractivity contribution in [3.8, 4) is 27.8 Å². The Morgan fingerprint density at radius 3 is 2.62 bits per heavy atom. The lowest BCUT2D eigenvalue weighted by Crippen LogP contribution is -2.00. The number of aryl methyl sites for hydroxylation is 1. The molecule has 3 heterocycles. The van der Waals surface area contributed by atoms with E-state index in [-0.39, 0.29) is 11.8 Å². The molecule has 1 N–H and O–H groups in total. The van der Waals surface area contributed by atoms with E-state index in [4.69, 9.17) is 0 Å². The fraction of sp³-hybridized carbons (Fsp3) is 0.286. The lowest BCUT2D eigenvalue weighted by atomic mass is 9.99. The summed E-state index contributed by atoms with van der Waals surface area (Å²) < 4.78 is 1.71. The summed E-state index contributed by atoms with van der Waals surface area (Å²) in [5.41, 5.74) is 4.03. The zero-order valence-electron chi connectivity index (χ0n) is 12.0. The van der Waals surface area contributed by atoms with E-state index >= 15 is 0 Å². The SMILES string of the molecule is CC(C)c1c(O)nc(-c2cncs2)nc1-c1cnn(C)c1. The quantitative estimate of drug-likeness (QED) is 0.805. The van der Waals surface area contributed by atoms with Crippen LogP contribution in [-0.4, -0.2) is 29.8 Å². The minimum Gasteiger partial charge on any atom is -0.493 e. The molecule has 3 aromatic rings. The molecule has 0 bridgehead atoms. The number of aromatic hydroxyl groups is 1. The highest BCUT2D eigenvalue weighted by Gasteiger charge is 2.20. The number of nitrogens with zero attached hydrogens (tertiary/aromatic N) is 5. The first kappa shape index (κ1) is 13.7. The number of thiazole rings is 1. The molecule has 108 valence electrons. The molecule has 0 saturated carbocycles. The van der Waals surface area contributed by atoms with Crippen molar-refractivity contribution in [2.75, 3.05) is 0 Å². The van der Waals surface area contributed by atoms with Crippen LogP contribution in [-0.2, 0) is 7.05 Å². The molecule has 0 aliphatic carbocycles. The molecule has 7 heteroatoms. The first-order valence-electron chi connectivity index (χ1n) is 6.55. The van der Waals surface area contributed by atoms with E-state index in [1.54, 1.807) is 22.6 Å². The van der Waals surface area contributed by atoms with E-state index in [0.29, 0.717) is 11.5 Å². The highest BCUT2D eigenvalue weighted by molar-refractivity contribution is 7.13. The largest absolute Gasteiger partial charge is 0.493 e. The van der Waals surface area contributed by atoms with Gasteiger partial charge in [0.25, 0.3) is 0 Å². The van der Waals surface area contributed by atoms with E-state index in [1.165, 1.54) is 11.3 Å². The van der Waals surface area contributed by atoms with Crippen molar-refractivity contribution >= 4 is 11.3 Å². The summed E-state index contributed by atoms with van der Waals surface area (Å²) in [7, 11) is 1.85. The molecule has 0 aliphatic heterocycles. The van der Waals surface area contributed by atoms with Crippen molar-refractivity contribution in [1.29, 1.82) is 0 Å². The summed E-state index contributed by atoms with van der Waals surface area (Å²) >= 11 is 1.44. The van der Waals surface area contributed by atoms with Gasteiger partial charge in [0.15, 0.2) is 5.82 Å². The third-order valence-electron chi connectivity index (χ3n) is 3.13. The molecule has 0 aliphatic rings. The minimum atomic E-state index is 0.0160. The van der Waals surface area contributed by atoms with Crippen LogP contribution in [0, 0.1) is 0 Å². The molecule has 0 amide bonds. The maximum absolute atomic E-state index is 10.3. The second kappa shape index (κ2) is 5.25. The average molecular weight is 301 g/mol. The first-order chi connectivity index (χ1) is 10.1. The van der Waals surface area contributed by atoms with Gasteiger partial charge in [0.2, 0.25) is 5.88 Å². The van der Waals surface area contributed by atoms with Gasteiger partial charge in [0.05, 0.1) is 22.3 Å². The topological polar surface area (TPSA) is 76.7 Å². The second-order valence-corrected chi connectivity index (χ2v) is 5.94. The predicted octanol–water partition coefficient (Wildman–Crippen LogP) is 2.83. The van der Waals surface area contributed by atoms with Gasteiger partial charge in [-0.2, -0.15) is 10.1 Å². The normalized spacial score (nSPS) is 11.2. The number of rotatable bonds is 3. The van der Waals surface area contributed by atoms with Gasteiger partial charge in [0.1, 0.15) is 0 Å². The highest BCUT2D eigenvalue weighted by atomic mass is 32.1. The molecule has 21 heavy (non-hydrogen) atoms. The lowest BCUT2D eigenvalue weighted by Gasteiger charge is -2.13. The Balaban J connectivity index is 2.23. The molecule has 0 unspecified atom stereocenters. The monoisotopic (exact) mass is 301 g/mol. The van der Waals surface area contributed by atoms with Crippen LogP contribution in [0.5, 0.6) is 5.88 Å². The van der Waals surface area contributed by atoms with Crippen molar-refractivity contribution < 1.29 is 5.11 Å². The van der Waals surface area contributed by atoms with Crippen molar-refractivity contribution in [3.63, 3.8) is 0 Å². The molecular formula is C14H15N5OS. The summed E-state index contributed by atoms with van der Waals surface area (Å²) in [6.45, 7) is 4.01. The van der Waals surface area contributed by atoms with Gasteiger partial charge in [-0.1, -0.05) is 13.8 Å². The molecule has 0 saturated heterocycles. The van der Waals surface area contributed by atoms with Gasteiger partial charge in [0, 0.05) is 30.6 Å². The molecule has 0 radical (unpaired) electrons. The van der Waals surface area contributed by atoms with Crippen LogP contribution in [0.2, 0.25) is 0 Å². The van der Waals surface area contributed by atoms with Gasteiger partial charge >= 0.3 is 0 Å². The fourth-order valence-corrected chi connectivity index (χ4v) is 2.74. The molecular weight excluding hydrogens is 286 g/mol. The molecule has 3 rings (SSSR count). The van der Waals surface area contributed by atoms with Crippen LogP contribution in [0.15, 0.2) is 24.1 Å². The average Bonchev–Trinajstić information content (AvgIpc) is 3.08. The number of aromatic nitrogens is 5. The maximum Gasteiger partial charge on any atom is 0.218 e. The predicted molar refractivity (Wildman–Crippen MR) is 81.1 cm³/mol. The van der Waals surface area contributed by atoms with Crippen LogP contribution >= 0.6 is 11.3 Å². The van der Waals surface area contributed by atoms with Gasteiger partial charge in [-0.05, 0) is 5.92 Å². The van der Waals surface area contributed by atoms with Crippen LogP contribution in [0.3, 0.4) is 0 Å². The Morgan fingerprint density at radius 2 is 2.05 bits per heavy atom. The zero-order chi connectivity index (χ0) is 15.0. The van der Waals surface area contributed by atoms with Gasteiger partial charge in [-0.3, -0.25) is 9.67 Å². The Labute approximate surface area is 126 Å². The van der Waals surface area contributed by atoms with Crippen molar-refractivity contribution in [2.45, 2.75) is 19.8 Å². The summed E-state index contributed by atoms with van der Waals surface area (Å²) in [5.74, 6) is 0.608. The van der Waals surface area contributed by atoms with Crippen LogP contribution in [0.1, 0.15) is 25.3 Å². The van der Waals surface area contributed by atoms with Crippen LogP contribution in [0.25, 0.3) is 22.0 Å². The zero-order valence-corrected chi connectivity index (χ0v) is 12.8. The van der Waals surface area contributed by atoms with Gasteiger partial charge < -0.3 is 5.11 Å². The number of hydrogen-bond donors (Lipinski definition) is 1. The van der Waals surface area contributed by atoms with Gasteiger partial charge in [-0.25, -0.2) is 4.98 Å². The molecule has 0 atom stereocenters. The Hall–Kier alpha value is -2.28. The highest BCUT2D eigenvalue weighted by Crippen LogP contribution is 2.35. The molecule has 6 nitrogen and oxygen atoms in total. The van der Waals surface area contributed by atoms with Crippen LogP contribution < -0.4 is 0 Å². The standard InChI is InChI=1S/C14H15N5OS/c1-8(2)11-12(9-4-16-19(3)6-9)17-13(18-14(11)20)10-5-15-7-21-10/h4-8H,1-3H3,(H,17,18,20). The summed E-state index contributed by atoms with van der Waals surface area (Å²) in [4.78, 5) is 13.7. The van der Waals surface area contributed by atoms with Gasteiger partial charge in [-0.15, -0.1) is 11.3 Å². The van der Waals surface area contributed by atoms with Crippen molar-refractivity contribution in [1.82, 2.24) is 24.7 Å². The number of hydrogen-bond acceptors (Lipinski definition) is 6. The lowest BCUT2D eigenvalue weighted by molar-refractivity contribution is 0.442. The van der Waals surface area contributed by atoms with Crippen molar-refractivity contribution in [2.24, 2.45) is 7.05 Å². The molecule has 0 spiro atoms. The second-order valence-electron chi connectivity index (χ2n) is 5.06. The van der Waals surface area contributed by atoms with E-state index < -0.39 is 0 Å². The summed E-state index contributed by atoms with van der Waals surface area (Å²) in [5, 5.41) is 14.5. The Bertz CT molecular complexity index is 764. The summed E-state index contributed by atoms with van der Waals surface area (Å²) in [6.07, 6.45) is 5.32. The fourth-order valence-electron chi connectivity index (χ4n) is 2.19. The van der Waals surface area contributed by atoms with E-state index in [0.717, 1.165) is 16.0 Å². The third-order valence-corrected chi connectivity index (χ3v) is 3.90. The third kappa shape index (κ3) is 2.52. The smallest absolute Gasteiger partial charge is 0.218 e.